The molecule has 2 aliphatic rings. The van der Waals surface area contributed by atoms with Gasteiger partial charge in [0.15, 0.2) is 11.7 Å². The van der Waals surface area contributed by atoms with E-state index >= 15 is 0 Å². The van der Waals surface area contributed by atoms with Crippen molar-refractivity contribution in [1.82, 2.24) is 10.3 Å². The quantitative estimate of drug-likeness (QED) is 0.909. The molecule has 1 N–H and O–H groups in total. The lowest BCUT2D eigenvalue weighted by molar-refractivity contribution is 0.629. The average molecular weight is 287 g/mol. The van der Waals surface area contributed by atoms with Gasteiger partial charge in [-0.1, -0.05) is 6.07 Å². The van der Waals surface area contributed by atoms with Gasteiger partial charge in [-0.25, -0.2) is 5.01 Å². The molecule has 20 heavy (non-hydrogen) atoms. The smallest absolute Gasteiger partial charge is 0.192 e. The van der Waals surface area contributed by atoms with Gasteiger partial charge in [-0.2, -0.15) is 5.10 Å². The first-order chi connectivity index (χ1) is 9.79. The molecule has 0 radical (unpaired) electrons. The predicted molar refractivity (Wildman–Crippen MR) is 85.3 cm³/mol. The van der Waals surface area contributed by atoms with E-state index < -0.39 is 0 Å². The third-order valence-electron chi connectivity index (χ3n) is 3.06. The minimum Gasteiger partial charge on any atom is -0.342 e. The van der Waals surface area contributed by atoms with Crippen LogP contribution in [0.5, 0.6) is 0 Å². The highest BCUT2D eigenvalue weighted by Gasteiger charge is 2.28. The second kappa shape index (κ2) is 5.58. The molecular formula is C14H17N5S. The van der Waals surface area contributed by atoms with Crippen molar-refractivity contribution in [2.75, 3.05) is 6.54 Å². The van der Waals surface area contributed by atoms with Crippen molar-refractivity contribution in [3.63, 3.8) is 0 Å². The zero-order valence-electron chi connectivity index (χ0n) is 11.6. The van der Waals surface area contributed by atoms with E-state index in [1.165, 1.54) is 0 Å². The first-order valence-corrected chi connectivity index (χ1v) is 7.63. The van der Waals surface area contributed by atoms with Gasteiger partial charge < -0.3 is 5.32 Å². The van der Waals surface area contributed by atoms with Gasteiger partial charge in [0.05, 0.1) is 10.9 Å². The normalized spacial score (nSPS) is 23.8. The van der Waals surface area contributed by atoms with Crippen molar-refractivity contribution in [3.8, 4) is 0 Å². The fourth-order valence-corrected chi connectivity index (χ4v) is 2.85. The first-order valence-electron chi connectivity index (χ1n) is 6.75. The van der Waals surface area contributed by atoms with Crippen LogP contribution in [0.4, 0.5) is 0 Å². The van der Waals surface area contributed by atoms with Crippen LogP contribution in [-0.2, 0) is 0 Å². The number of thiophene rings is 1. The Labute approximate surface area is 122 Å². The maximum absolute atomic E-state index is 4.75. The summed E-state index contributed by atoms with van der Waals surface area (Å²) < 4.78 is 0. The average Bonchev–Trinajstić information content (AvgIpc) is 2.89. The summed E-state index contributed by atoms with van der Waals surface area (Å²) in [5, 5.41) is 11.8. The summed E-state index contributed by atoms with van der Waals surface area (Å²) in [5.41, 5.74) is 1.01. The number of nitrogens with one attached hydrogen (secondary N) is 1. The van der Waals surface area contributed by atoms with E-state index in [4.69, 9.17) is 4.99 Å². The molecule has 1 unspecified atom stereocenters. The largest absolute Gasteiger partial charge is 0.342 e. The molecule has 104 valence electrons. The van der Waals surface area contributed by atoms with Crippen LogP contribution in [0.2, 0.25) is 0 Å². The zero-order chi connectivity index (χ0) is 13.9. The lowest BCUT2D eigenvalue weighted by Gasteiger charge is -2.27. The van der Waals surface area contributed by atoms with E-state index in [1.54, 1.807) is 11.3 Å². The molecule has 0 spiro atoms. The summed E-state index contributed by atoms with van der Waals surface area (Å²) in [6.45, 7) is 4.83. The molecule has 1 atom stereocenters. The highest BCUT2D eigenvalue weighted by molar-refractivity contribution is 7.11. The first kappa shape index (κ1) is 13.1. The molecule has 1 aromatic heterocycles. The molecule has 2 aliphatic heterocycles. The minimum absolute atomic E-state index is 0.213. The molecule has 0 saturated carbocycles. The van der Waals surface area contributed by atoms with Gasteiger partial charge >= 0.3 is 0 Å². The van der Waals surface area contributed by atoms with Gasteiger partial charge in [0.2, 0.25) is 0 Å². The fraction of sp³-hybridized carbons (Fsp3) is 0.357. The Morgan fingerprint density at radius 3 is 3.20 bits per heavy atom. The van der Waals surface area contributed by atoms with E-state index in [0.717, 1.165) is 35.2 Å². The molecule has 0 amide bonds. The summed E-state index contributed by atoms with van der Waals surface area (Å²) in [6, 6.07) is 4.34. The van der Waals surface area contributed by atoms with E-state index in [-0.39, 0.29) is 6.04 Å². The summed E-state index contributed by atoms with van der Waals surface area (Å²) >= 11 is 1.69. The standard InChI is InChI=1S/C14H17N5S/c1-3-15-13-14-18-10(2)6-7-17-19(14)11(9-16-13)12-5-4-8-20-12/h4-5,7-10H,3,6H2,1-2H3,(H,15,16). The monoisotopic (exact) mass is 287 g/mol. The lowest BCUT2D eigenvalue weighted by Crippen LogP contribution is -2.43. The second-order valence-corrected chi connectivity index (χ2v) is 5.57. The molecule has 0 aromatic carbocycles. The van der Waals surface area contributed by atoms with Gasteiger partial charge in [-0.3, -0.25) is 9.98 Å². The number of amidine groups is 2. The van der Waals surface area contributed by atoms with Gasteiger partial charge in [0.25, 0.3) is 0 Å². The summed E-state index contributed by atoms with van der Waals surface area (Å²) in [5.74, 6) is 1.60. The molecule has 0 saturated heterocycles. The molecule has 0 aliphatic carbocycles. The lowest BCUT2D eigenvalue weighted by atomic mass is 10.2. The van der Waals surface area contributed by atoms with Crippen molar-refractivity contribution in [2.45, 2.75) is 26.3 Å². The Morgan fingerprint density at radius 1 is 1.55 bits per heavy atom. The maximum Gasteiger partial charge on any atom is 0.192 e. The van der Waals surface area contributed by atoms with Crippen molar-refractivity contribution in [3.05, 3.63) is 28.6 Å². The number of hydrazone groups is 1. The Hall–Kier alpha value is -1.95. The fourth-order valence-electron chi connectivity index (χ4n) is 2.13. The van der Waals surface area contributed by atoms with E-state index in [9.17, 15) is 0 Å². The van der Waals surface area contributed by atoms with Crippen molar-refractivity contribution in [1.29, 1.82) is 0 Å². The predicted octanol–water partition coefficient (Wildman–Crippen LogP) is 2.55. The third kappa shape index (κ3) is 2.38. The summed E-state index contributed by atoms with van der Waals surface area (Å²) in [4.78, 5) is 10.4. The molecule has 1 aromatic rings. The van der Waals surface area contributed by atoms with Crippen LogP contribution in [0, 0.1) is 0 Å². The minimum atomic E-state index is 0.213. The second-order valence-electron chi connectivity index (χ2n) is 4.62. The molecule has 3 heterocycles. The number of aliphatic imine (C=N–C) groups is 2. The molecule has 0 bridgehead atoms. The van der Waals surface area contributed by atoms with Crippen LogP contribution in [0.1, 0.15) is 25.1 Å². The number of rotatable bonds is 2. The Bertz CT molecular complexity index is 597. The Morgan fingerprint density at radius 2 is 2.45 bits per heavy atom. The van der Waals surface area contributed by atoms with Crippen LogP contribution < -0.4 is 5.32 Å². The van der Waals surface area contributed by atoms with Crippen LogP contribution in [0.3, 0.4) is 0 Å². The third-order valence-corrected chi connectivity index (χ3v) is 3.95. The molecular weight excluding hydrogens is 270 g/mol. The van der Waals surface area contributed by atoms with Crippen molar-refractivity contribution < 1.29 is 0 Å². The van der Waals surface area contributed by atoms with Crippen LogP contribution in [0.15, 0.2) is 38.8 Å². The molecule has 3 rings (SSSR count). The van der Waals surface area contributed by atoms with E-state index in [2.05, 4.69) is 33.8 Å². The van der Waals surface area contributed by atoms with Crippen LogP contribution in [-0.4, -0.2) is 35.5 Å². The van der Waals surface area contributed by atoms with E-state index in [1.807, 2.05) is 30.4 Å². The highest BCUT2D eigenvalue weighted by atomic mass is 32.1. The van der Waals surface area contributed by atoms with E-state index in [0.29, 0.717) is 0 Å². The van der Waals surface area contributed by atoms with Gasteiger partial charge in [-0.05, 0) is 25.3 Å². The van der Waals surface area contributed by atoms with Gasteiger partial charge in [-0.15, -0.1) is 11.3 Å². The molecule has 0 fully saturated rings. The highest BCUT2D eigenvalue weighted by Crippen LogP contribution is 2.27. The molecule has 5 nitrogen and oxygen atoms in total. The Kier molecular flexibility index (Phi) is 3.64. The topological polar surface area (TPSA) is 52.4 Å². The van der Waals surface area contributed by atoms with Crippen LogP contribution in [0.25, 0.3) is 5.70 Å². The summed E-state index contributed by atoms with van der Waals surface area (Å²) in [7, 11) is 0. The molecule has 6 heteroatoms. The number of hydrogen-bond acceptors (Lipinski definition) is 5. The van der Waals surface area contributed by atoms with Gasteiger partial charge in [0, 0.05) is 25.4 Å². The van der Waals surface area contributed by atoms with Gasteiger partial charge in [0.1, 0.15) is 5.70 Å². The number of hydrogen-bond donors (Lipinski definition) is 1. The number of nitrogens with zero attached hydrogens (tertiary/aromatic N) is 4. The van der Waals surface area contributed by atoms with Crippen molar-refractivity contribution >= 4 is 34.9 Å². The SMILES string of the molecule is CCN=C1NC=C(c2cccs2)N2N=CCC(C)N=C12. The van der Waals surface area contributed by atoms with Crippen molar-refractivity contribution in [2.24, 2.45) is 15.1 Å². The Balaban J connectivity index is 2.08. The number of fused-ring (bicyclic) bond motifs is 1. The van der Waals surface area contributed by atoms with Crippen LogP contribution >= 0.6 is 11.3 Å². The zero-order valence-corrected chi connectivity index (χ0v) is 12.4. The summed E-state index contributed by atoms with van der Waals surface area (Å²) in [6.07, 6.45) is 4.72. The maximum atomic E-state index is 4.75.